The van der Waals surface area contributed by atoms with Crippen molar-refractivity contribution in [3.05, 3.63) is 47.3 Å². The molecule has 2 amide bonds. The summed E-state index contributed by atoms with van der Waals surface area (Å²) in [5.74, 6) is 1.11. The first-order valence-corrected chi connectivity index (χ1v) is 7.69. The summed E-state index contributed by atoms with van der Waals surface area (Å²) in [6.07, 6.45) is 0.728. The number of urea groups is 1. The standard InChI is InChI=1S/C17H21N3O2/c1-4-14-15(12(3)22-19-14)18-17(21)20-10-11(2)16(20)13-8-6-5-7-9-13/h5-9,11,16H,4,10H2,1-3H3,(H,18,21)/t11-,16-/m1/s1. The lowest BCUT2D eigenvalue weighted by atomic mass is 9.85. The molecule has 2 aromatic rings. The van der Waals surface area contributed by atoms with Crippen LogP contribution in [0.3, 0.4) is 0 Å². The van der Waals surface area contributed by atoms with Gasteiger partial charge in [-0.05, 0) is 24.8 Å². The third-order valence-electron chi connectivity index (χ3n) is 4.26. The molecule has 0 radical (unpaired) electrons. The Morgan fingerprint density at radius 2 is 2.14 bits per heavy atom. The molecule has 1 aliphatic rings. The monoisotopic (exact) mass is 299 g/mol. The summed E-state index contributed by atoms with van der Waals surface area (Å²) in [6, 6.07) is 10.2. The van der Waals surface area contributed by atoms with Gasteiger partial charge in [0.05, 0.1) is 6.04 Å². The summed E-state index contributed by atoms with van der Waals surface area (Å²) in [5, 5.41) is 6.94. The molecular formula is C17H21N3O2. The zero-order valence-corrected chi connectivity index (χ0v) is 13.2. The van der Waals surface area contributed by atoms with E-state index in [0.717, 1.165) is 18.7 Å². The summed E-state index contributed by atoms with van der Waals surface area (Å²) < 4.78 is 5.17. The van der Waals surface area contributed by atoms with Crippen molar-refractivity contribution in [3.63, 3.8) is 0 Å². The molecule has 0 spiro atoms. The highest BCUT2D eigenvalue weighted by Crippen LogP contribution is 2.38. The van der Waals surface area contributed by atoms with E-state index in [2.05, 4.69) is 29.5 Å². The Balaban J connectivity index is 1.77. The lowest BCUT2D eigenvalue weighted by molar-refractivity contribution is 0.0670. The number of carbonyl (C=O) groups excluding carboxylic acids is 1. The van der Waals surface area contributed by atoms with Crippen molar-refractivity contribution in [2.45, 2.75) is 33.2 Å². The van der Waals surface area contributed by atoms with Gasteiger partial charge in [-0.1, -0.05) is 49.3 Å². The molecule has 116 valence electrons. The van der Waals surface area contributed by atoms with Gasteiger partial charge in [0.1, 0.15) is 11.4 Å². The Morgan fingerprint density at radius 3 is 2.77 bits per heavy atom. The van der Waals surface area contributed by atoms with Gasteiger partial charge in [0.2, 0.25) is 0 Å². The van der Waals surface area contributed by atoms with E-state index in [4.69, 9.17) is 4.52 Å². The van der Waals surface area contributed by atoms with Crippen LogP contribution in [0, 0.1) is 12.8 Å². The first-order valence-electron chi connectivity index (χ1n) is 7.69. The fourth-order valence-electron chi connectivity index (χ4n) is 3.06. The maximum atomic E-state index is 12.6. The molecule has 1 aromatic carbocycles. The number of hydrogen-bond donors (Lipinski definition) is 1. The number of benzene rings is 1. The molecule has 0 unspecified atom stereocenters. The smallest absolute Gasteiger partial charge is 0.322 e. The third-order valence-corrected chi connectivity index (χ3v) is 4.26. The van der Waals surface area contributed by atoms with E-state index in [1.165, 1.54) is 5.56 Å². The molecule has 1 saturated heterocycles. The largest absolute Gasteiger partial charge is 0.359 e. The van der Waals surface area contributed by atoms with Gasteiger partial charge in [0, 0.05) is 6.54 Å². The maximum Gasteiger partial charge on any atom is 0.322 e. The third kappa shape index (κ3) is 2.47. The fourth-order valence-corrected chi connectivity index (χ4v) is 3.06. The maximum absolute atomic E-state index is 12.6. The SMILES string of the molecule is CCc1noc(C)c1NC(=O)N1C[C@@H](C)[C@@H]1c1ccccc1. The number of likely N-dealkylation sites (tertiary alicyclic amines) is 1. The average Bonchev–Trinajstić information content (AvgIpc) is 2.86. The van der Waals surface area contributed by atoms with Crippen molar-refractivity contribution >= 4 is 11.7 Å². The minimum absolute atomic E-state index is 0.0899. The number of rotatable bonds is 3. The Bertz CT molecular complexity index is 666. The summed E-state index contributed by atoms with van der Waals surface area (Å²) in [6.45, 7) is 6.74. The van der Waals surface area contributed by atoms with E-state index in [9.17, 15) is 4.79 Å². The molecule has 2 heterocycles. The van der Waals surface area contributed by atoms with Crippen molar-refractivity contribution in [3.8, 4) is 0 Å². The van der Waals surface area contributed by atoms with Crippen molar-refractivity contribution in [1.82, 2.24) is 10.1 Å². The summed E-state index contributed by atoms with van der Waals surface area (Å²) in [4.78, 5) is 14.5. The molecule has 22 heavy (non-hydrogen) atoms. The highest BCUT2D eigenvalue weighted by atomic mass is 16.5. The Kier molecular flexibility index (Phi) is 3.88. The predicted molar refractivity (Wildman–Crippen MR) is 84.7 cm³/mol. The number of aromatic nitrogens is 1. The van der Waals surface area contributed by atoms with Crippen LogP contribution in [-0.4, -0.2) is 22.6 Å². The number of anilines is 1. The average molecular weight is 299 g/mol. The number of carbonyl (C=O) groups is 1. The molecule has 3 rings (SSSR count). The molecule has 2 atom stereocenters. The number of nitrogens with zero attached hydrogens (tertiary/aromatic N) is 2. The first-order chi connectivity index (χ1) is 10.6. The molecule has 1 fully saturated rings. The van der Waals surface area contributed by atoms with Crippen molar-refractivity contribution in [2.24, 2.45) is 5.92 Å². The van der Waals surface area contributed by atoms with Crippen LogP contribution >= 0.6 is 0 Å². The fraction of sp³-hybridized carbons (Fsp3) is 0.412. The highest BCUT2D eigenvalue weighted by molar-refractivity contribution is 5.91. The van der Waals surface area contributed by atoms with Crippen LogP contribution in [0.5, 0.6) is 0 Å². The number of amides is 2. The van der Waals surface area contributed by atoms with E-state index < -0.39 is 0 Å². The van der Waals surface area contributed by atoms with Gasteiger partial charge >= 0.3 is 6.03 Å². The van der Waals surface area contributed by atoms with E-state index in [1.54, 1.807) is 0 Å². The van der Waals surface area contributed by atoms with Gasteiger partial charge in [0.15, 0.2) is 5.76 Å². The Hall–Kier alpha value is -2.30. The molecule has 1 aromatic heterocycles. The van der Waals surface area contributed by atoms with Gasteiger partial charge in [-0.15, -0.1) is 0 Å². The van der Waals surface area contributed by atoms with E-state index in [1.807, 2.05) is 36.9 Å². The van der Waals surface area contributed by atoms with Crippen molar-refractivity contribution in [2.75, 3.05) is 11.9 Å². The van der Waals surface area contributed by atoms with Crippen LogP contribution in [0.25, 0.3) is 0 Å². The zero-order chi connectivity index (χ0) is 15.7. The summed E-state index contributed by atoms with van der Waals surface area (Å²) in [7, 11) is 0. The number of hydrogen-bond acceptors (Lipinski definition) is 3. The zero-order valence-electron chi connectivity index (χ0n) is 13.2. The molecule has 0 saturated carbocycles. The van der Waals surface area contributed by atoms with E-state index in [0.29, 0.717) is 17.4 Å². The van der Waals surface area contributed by atoms with E-state index >= 15 is 0 Å². The molecule has 1 aliphatic heterocycles. The lowest BCUT2D eigenvalue weighted by Gasteiger charge is -2.46. The van der Waals surface area contributed by atoms with Gasteiger partial charge in [-0.3, -0.25) is 0 Å². The number of aryl methyl sites for hydroxylation is 2. The van der Waals surface area contributed by atoms with Crippen LogP contribution in [0.2, 0.25) is 0 Å². The minimum Gasteiger partial charge on any atom is -0.359 e. The first kappa shape index (κ1) is 14.6. The topological polar surface area (TPSA) is 58.4 Å². The summed E-state index contributed by atoms with van der Waals surface area (Å²) >= 11 is 0. The lowest BCUT2D eigenvalue weighted by Crippen LogP contribution is -2.53. The molecule has 1 N–H and O–H groups in total. The quantitative estimate of drug-likeness (QED) is 0.938. The van der Waals surface area contributed by atoms with Gasteiger partial charge in [0.25, 0.3) is 0 Å². The van der Waals surface area contributed by atoms with Gasteiger partial charge < -0.3 is 14.7 Å². The Morgan fingerprint density at radius 1 is 1.41 bits per heavy atom. The molecule has 5 heteroatoms. The van der Waals surface area contributed by atoms with Crippen molar-refractivity contribution < 1.29 is 9.32 Å². The van der Waals surface area contributed by atoms with Crippen molar-refractivity contribution in [1.29, 1.82) is 0 Å². The molecule has 0 bridgehead atoms. The van der Waals surface area contributed by atoms with Gasteiger partial charge in [-0.25, -0.2) is 4.79 Å². The van der Waals surface area contributed by atoms with Crippen LogP contribution in [0.15, 0.2) is 34.9 Å². The summed E-state index contributed by atoms with van der Waals surface area (Å²) in [5.41, 5.74) is 2.67. The number of nitrogens with one attached hydrogen (secondary N) is 1. The van der Waals surface area contributed by atoms with Crippen LogP contribution in [-0.2, 0) is 6.42 Å². The highest BCUT2D eigenvalue weighted by Gasteiger charge is 2.40. The molecule has 5 nitrogen and oxygen atoms in total. The predicted octanol–water partition coefficient (Wildman–Crippen LogP) is 3.77. The van der Waals surface area contributed by atoms with E-state index in [-0.39, 0.29) is 12.1 Å². The van der Waals surface area contributed by atoms with Crippen LogP contribution in [0.1, 0.15) is 36.9 Å². The van der Waals surface area contributed by atoms with Crippen LogP contribution in [0.4, 0.5) is 10.5 Å². The van der Waals surface area contributed by atoms with Gasteiger partial charge in [-0.2, -0.15) is 0 Å². The second kappa shape index (κ2) is 5.83. The molecule has 0 aliphatic carbocycles. The normalized spacial score (nSPS) is 20.6. The second-order valence-electron chi connectivity index (χ2n) is 5.83. The second-order valence-corrected chi connectivity index (χ2v) is 5.83. The molecular weight excluding hydrogens is 278 g/mol. The van der Waals surface area contributed by atoms with Crippen LogP contribution < -0.4 is 5.32 Å². The minimum atomic E-state index is -0.0899. The Labute approximate surface area is 130 Å².